The standard InChI is InChI=1S/C28H46O/c1-19(6-5-7-20-8-9-20)23-12-13-24-22-11-10-21-18-26(2,29)16-17-27(21,3)25(22)14-15-28(23,24)4/h10,19-20,22-25,29H,5-9,11-18H2,1-4H3/t19-,22+,23-,24+,25+,26+,27+,28-/m1/s1. The molecule has 164 valence electrons. The molecule has 8 atom stereocenters. The predicted molar refractivity (Wildman–Crippen MR) is 122 cm³/mol. The van der Waals surface area contributed by atoms with Crippen LogP contribution in [0.1, 0.15) is 111 Å². The van der Waals surface area contributed by atoms with Crippen LogP contribution in [0, 0.1) is 46.3 Å². The third kappa shape index (κ3) is 3.46. The molecule has 5 rings (SSSR count). The highest BCUT2D eigenvalue weighted by molar-refractivity contribution is 5.26. The average molecular weight is 399 g/mol. The maximum atomic E-state index is 10.7. The Morgan fingerprint density at radius 1 is 1.00 bits per heavy atom. The van der Waals surface area contributed by atoms with Crippen LogP contribution in [0.2, 0.25) is 0 Å². The Kier molecular flexibility index (Phi) is 5.05. The fourth-order valence-electron chi connectivity index (χ4n) is 9.12. The highest BCUT2D eigenvalue weighted by Gasteiger charge is 2.59. The van der Waals surface area contributed by atoms with Gasteiger partial charge in [0.15, 0.2) is 0 Å². The van der Waals surface area contributed by atoms with Crippen molar-refractivity contribution >= 4 is 0 Å². The Bertz CT molecular complexity index is 657. The normalized spacial score (nSPS) is 50.3. The Hall–Kier alpha value is -0.300. The van der Waals surface area contributed by atoms with E-state index in [1.807, 2.05) is 0 Å². The molecule has 0 aromatic heterocycles. The monoisotopic (exact) mass is 398 g/mol. The number of allylic oxidation sites excluding steroid dienone is 1. The van der Waals surface area contributed by atoms with Crippen LogP contribution in [0.4, 0.5) is 0 Å². The first-order valence-electron chi connectivity index (χ1n) is 13.1. The van der Waals surface area contributed by atoms with Gasteiger partial charge >= 0.3 is 0 Å². The zero-order chi connectivity index (χ0) is 20.4. The number of rotatable bonds is 5. The minimum absolute atomic E-state index is 0.375. The molecular formula is C28H46O. The van der Waals surface area contributed by atoms with Crippen molar-refractivity contribution in [1.82, 2.24) is 0 Å². The van der Waals surface area contributed by atoms with Gasteiger partial charge in [0.1, 0.15) is 0 Å². The molecule has 4 saturated carbocycles. The van der Waals surface area contributed by atoms with Crippen LogP contribution in [0.25, 0.3) is 0 Å². The quantitative estimate of drug-likeness (QED) is 0.474. The van der Waals surface area contributed by atoms with E-state index in [1.165, 1.54) is 70.6 Å². The van der Waals surface area contributed by atoms with E-state index in [0.717, 1.165) is 48.3 Å². The van der Waals surface area contributed by atoms with Gasteiger partial charge in [-0.2, -0.15) is 0 Å². The van der Waals surface area contributed by atoms with Crippen molar-refractivity contribution in [2.45, 2.75) is 117 Å². The molecule has 4 fully saturated rings. The summed E-state index contributed by atoms with van der Waals surface area (Å²) in [7, 11) is 0. The number of hydrogen-bond donors (Lipinski definition) is 1. The maximum Gasteiger partial charge on any atom is 0.0657 e. The van der Waals surface area contributed by atoms with E-state index in [9.17, 15) is 5.11 Å². The lowest BCUT2D eigenvalue weighted by Gasteiger charge is -2.59. The zero-order valence-electron chi connectivity index (χ0n) is 19.7. The Labute approximate surface area is 180 Å². The third-order valence-electron chi connectivity index (χ3n) is 11.1. The lowest BCUT2D eigenvalue weighted by atomic mass is 9.46. The lowest BCUT2D eigenvalue weighted by Crippen LogP contribution is -2.52. The van der Waals surface area contributed by atoms with Crippen LogP contribution < -0.4 is 0 Å². The summed E-state index contributed by atoms with van der Waals surface area (Å²) >= 11 is 0. The fourth-order valence-corrected chi connectivity index (χ4v) is 9.12. The van der Waals surface area contributed by atoms with E-state index in [-0.39, 0.29) is 0 Å². The second-order valence-electron chi connectivity index (χ2n) is 13.0. The van der Waals surface area contributed by atoms with Crippen molar-refractivity contribution in [3.63, 3.8) is 0 Å². The maximum absolute atomic E-state index is 10.7. The van der Waals surface area contributed by atoms with E-state index in [1.54, 1.807) is 5.57 Å². The molecule has 5 aliphatic rings. The number of aliphatic hydroxyl groups is 1. The first-order valence-corrected chi connectivity index (χ1v) is 13.1. The van der Waals surface area contributed by atoms with Gasteiger partial charge in [-0.1, -0.05) is 64.5 Å². The first-order chi connectivity index (χ1) is 13.7. The minimum Gasteiger partial charge on any atom is -0.390 e. The van der Waals surface area contributed by atoms with E-state index in [2.05, 4.69) is 33.8 Å². The van der Waals surface area contributed by atoms with E-state index in [0.29, 0.717) is 10.8 Å². The SMILES string of the molecule is C[C@H](CCCC1CC1)[C@H]1CC[C@H]2[C@@H]3CC=C4C[C@@](C)(O)CC[C@]4(C)[C@H]3CC[C@]12C. The van der Waals surface area contributed by atoms with Crippen molar-refractivity contribution in [3.05, 3.63) is 11.6 Å². The van der Waals surface area contributed by atoms with Crippen LogP contribution in [0.5, 0.6) is 0 Å². The summed E-state index contributed by atoms with van der Waals surface area (Å²) in [5.41, 5.74) is 2.12. The van der Waals surface area contributed by atoms with Crippen molar-refractivity contribution in [2.24, 2.45) is 46.3 Å². The second-order valence-corrected chi connectivity index (χ2v) is 13.0. The van der Waals surface area contributed by atoms with Crippen LogP contribution >= 0.6 is 0 Å². The molecule has 1 heteroatoms. The van der Waals surface area contributed by atoms with Crippen LogP contribution in [0.3, 0.4) is 0 Å². The molecular weight excluding hydrogens is 352 g/mol. The molecule has 0 aliphatic heterocycles. The van der Waals surface area contributed by atoms with Gasteiger partial charge in [-0.3, -0.25) is 0 Å². The molecule has 1 N–H and O–H groups in total. The predicted octanol–water partition coefficient (Wildman–Crippen LogP) is 7.53. The van der Waals surface area contributed by atoms with Crippen molar-refractivity contribution in [1.29, 1.82) is 0 Å². The van der Waals surface area contributed by atoms with Gasteiger partial charge in [0.05, 0.1) is 5.60 Å². The molecule has 0 unspecified atom stereocenters. The van der Waals surface area contributed by atoms with Crippen LogP contribution in [-0.4, -0.2) is 10.7 Å². The van der Waals surface area contributed by atoms with Gasteiger partial charge < -0.3 is 5.11 Å². The summed E-state index contributed by atoms with van der Waals surface area (Å²) in [4.78, 5) is 0. The molecule has 0 aromatic rings. The summed E-state index contributed by atoms with van der Waals surface area (Å²) in [6.45, 7) is 9.93. The summed E-state index contributed by atoms with van der Waals surface area (Å²) in [6, 6.07) is 0. The molecule has 0 heterocycles. The van der Waals surface area contributed by atoms with Crippen LogP contribution in [-0.2, 0) is 0 Å². The van der Waals surface area contributed by atoms with E-state index < -0.39 is 5.60 Å². The van der Waals surface area contributed by atoms with E-state index in [4.69, 9.17) is 0 Å². The molecule has 0 saturated heterocycles. The third-order valence-corrected chi connectivity index (χ3v) is 11.1. The second kappa shape index (κ2) is 7.11. The lowest BCUT2D eigenvalue weighted by molar-refractivity contribution is -0.0705. The zero-order valence-corrected chi connectivity index (χ0v) is 19.7. The summed E-state index contributed by atoms with van der Waals surface area (Å²) in [6.07, 6.45) is 20.4. The Balaban J connectivity index is 1.31. The Morgan fingerprint density at radius 2 is 1.79 bits per heavy atom. The van der Waals surface area contributed by atoms with Crippen molar-refractivity contribution in [3.8, 4) is 0 Å². The summed E-state index contributed by atoms with van der Waals surface area (Å²) in [5.74, 6) is 5.74. The largest absolute Gasteiger partial charge is 0.390 e. The topological polar surface area (TPSA) is 20.2 Å². The molecule has 1 nitrogen and oxygen atoms in total. The summed E-state index contributed by atoms with van der Waals surface area (Å²) < 4.78 is 0. The molecule has 5 aliphatic carbocycles. The van der Waals surface area contributed by atoms with Crippen molar-refractivity contribution in [2.75, 3.05) is 0 Å². The van der Waals surface area contributed by atoms with Crippen molar-refractivity contribution < 1.29 is 5.11 Å². The van der Waals surface area contributed by atoms with Gasteiger partial charge in [0.25, 0.3) is 0 Å². The first kappa shape index (κ1) is 20.6. The highest BCUT2D eigenvalue weighted by atomic mass is 16.3. The fraction of sp³-hybridized carbons (Fsp3) is 0.929. The van der Waals surface area contributed by atoms with Gasteiger partial charge in [0.2, 0.25) is 0 Å². The van der Waals surface area contributed by atoms with E-state index >= 15 is 0 Å². The molecule has 0 aromatic carbocycles. The highest BCUT2D eigenvalue weighted by Crippen LogP contribution is 2.67. The molecule has 0 spiro atoms. The van der Waals surface area contributed by atoms with Gasteiger partial charge in [-0.25, -0.2) is 0 Å². The smallest absolute Gasteiger partial charge is 0.0657 e. The van der Waals surface area contributed by atoms with Gasteiger partial charge in [0, 0.05) is 0 Å². The minimum atomic E-state index is -0.463. The molecule has 0 amide bonds. The Morgan fingerprint density at radius 3 is 2.55 bits per heavy atom. The van der Waals surface area contributed by atoms with Crippen LogP contribution in [0.15, 0.2) is 11.6 Å². The van der Waals surface area contributed by atoms with Gasteiger partial charge in [-0.05, 0) is 105 Å². The van der Waals surface area contributed by atoms with Gasteiger partial charge in [-0.15, -0.1) is 0 Å². The molecule has 0 radical (unpaired) electrons. The number of fused-ring (bicyclic) bond motifs is 5. The molecule has 0 bridgehead atoms. The summed E-state index contributed by atoms with van der Waals surface area (Å²) in [5, 5.41) is 10.7. The average Bonchev–Trinajstić information content (AvgIpc) is 3.41. The molecule has 29 heavy (non-hydrogen) atoms. The number of hydrogen-bond acceptors (Lipinski definition) is 1.